The Labute approximate surface area is 164 Å². The number of carbonyl (C=O) groups is 2. The Balaban J connectivity index is 1.48. The molecule has 1 unspecified atom stereocenters. The minimum atomic E-state index is -0.318. The molecule has 0 aliphatic carbocycles. The van der Waals surface area contributed by atoms with Gasteiger partial charge in [0.2, 0.25) is 5.91 Å². The Kier molecular flexibility index (Phi) is 7.16. The lowest BCUT2D eigenvalue weighted by molar-refractivity contribution is -0.127. The van der Waals surface area contributed by atoms with E-state index < -0.39 is 0 Å². The standard InChI is InChI=1S/C19H29N5O4/c1-28-12-8-20-18(26)14-3-2-9-24(13-14)15-6-10-23(11-7-15)19(27)16-4-5-17(25)22-21-16/h4-5,14-15H,2-3,6-13H2,1H3,(H,20,26)(H,22,25). The molecule has 0 spiro atoms. The summed E-state index contributed by atoms with van der Waals surface area (Å²) in [6.07, 6.45) is 3.70. The van der Waals surface area contributed by atoms with Crippen LogP contribution in [-0.2, 0) is 9.53 Å². The van der Waals surface area contributed by atoms with E-state index in [0.717, 1.165) is 38.8 Å². The molecule has 2 aliphatic heterocycles. The Hall–Kier alpha value is -2.26. The quantitative estimate of drug-likeness (QED) is 0.653. The van der Waals surface area contributed by atoms with E-state index in [2.05, 4.69) is 20.4 Å². The topological polar surface area (TPSA) is 108 Å². The first-order valence-corrected chi connectivity index (χ1v) is 9.94. The summed E-state index contributed by atoms with van der Waals surface area (Å²) in [6.45, 7) is 4.17. The first-order valence-electron chi connectivity index (χ1n) is 9.94. The van der Waals surface area contributed by atoms with Crippen LogP contribution in [0.1, 0.15) is 36.2 Å². The molecule has 2 saturated heterocycles. The molecule has 1 atom stereocenters. The summed E-state index contributed by atoms with van der Waals surface area (Å²) >= 11 is 0. The van der Waals surface area contributed by atoms with Crippen LogP contribution in [-0.4, -0.2) is 84.3 Å². The van der Waals surface area contributed by atoms with Crippen LogP contribution >= 0.6 is 0 Å². The van der Waals surface area contributed by atoms with E-state index in [9.17, 15) is 14.4 Å². The summed E-state index contributed by atoms with van der Waals surface area (Å²) in [7, 11) is 1.62. The Bertz CT molecular complexity index is 709. The van der Waals surface area contributed by atoms with Gasteiger partial charge in [-0.15, -0.1) is 0 Å². The number of piperidine rings is 2. The number of aromatic nitrogens is 2. The largest absolute Gasteiger partial charge is 0.383 e. The van der Waals surface area contributed by atoms with Gasteiger partial charge in [-0.25, -0.2) is 5.10 Å². The number of rotatable bonds is 6. The SMILES string of the molecule is COCCNC(=O)C1CCCN(C2CCN(C(=O)c3ccc(=O)[nH]n3)CC2)C1. The van der Waals surface area contributed by atoms with Gasteiger partial charge < -0.3 is 15.0 Å². The highest BCUT2D eigenvalue weighted by Crippen LogP contribution is 2.24. The first-order chi connectivity index (χ1) is 13.6. The number of H-pyrrole nitrogens is 1. The second-order valence-electron chi connectivity index (χ2n) is 7.45. The molecule has 0 radical (unpaired) electrons. The molecule has 28 heavy (non-hydrogen) atoms. The van der Waals surface area contributed by atoms with E-state index in [-0.39, 0.29) is 29.0 Å². The summed E-state index contributed by atoms with van der Waals surface area (Å²) in [6, 6.07) is 3.17. The zero-order valence-electron chi connectivity index (χ0n) is 16.4. The van der Waals surface area contributed by atoms with Crippen molar-refractivity contribution in [1.82, 2.24) is 25.3 Å². The summed E-state index contributed by atoms with van der Waals surface area (Å²) < 4.78 is 4.98. The van der Waals surface area contributed by atoms with Gasteiger partial charge >= 0.3 is 0 Å². The summed E-state index contributed by atoms with van der Waals surface area (Å²) in [5.74, 6) is -0.0159. The number of carbonyl (C=O) groups excluding carboxylic acids is 2. The van der Waals surface area contributed by atoms with E-state index in [4.69, 9.17) is 4.74 Å². The van der Waals surface area contributed by atoms with Crippen LogP contribution in [0.25, 0.3) is 0 Å². The van der Waals surface area contributed by atoms with Gasteiger partial charge in [0.25, 0.3) is 11.5 Å². The normalized spacial score (nSPS) is 21.5. The molecule has 2 fully saturated rings. The van der Waals surface area contributed by atoms with Gasteiger partial charge in [0.1, 0.15) is 5.69 Å². The number of likely N-dealkylation sites (tertiary alicyclic amines) is 2. The molecule has 1 aromatic rings. The number of ether oxygens (including phenoxy) is 1. The molecule has 154 valence electrons. The lowest BCUT2D eigenvalue weighted by atomic mass is 9.93. The van der Waals surface area contributed by atoms with Crippen LogP contribution in [0.2, 0.25) is 0 Å². The molecular weight excluding hydrogens is 362 g/mol. The van der Waals surface area contributed by atoms with Crippen molar-refractivity contribution in [3.8, 4) is 0 Å². The monoisotopic (exact) mass is 391 g/mol. The predicted molar refractivity (Wildman–Crippen MR) is 103 cm³/mol. The molecule has 0 saturated carbocycles. The molecule has 9 nitrogen and oxygen atoms in total. The molecule has 2 aliphatic rings. The number of aromatic amines is 1. The van der Waals surface area contributed by atoms with Crippen molar-refractivity contribution < 1.29 is 14.3 Å². The number of hydrogen-bond donors (Lipinski definition) is 2. The molecule has 3 rings (SSSR count). The van der Waals surface area contributed by atoms with Crippen LogP contribution in [0.15, 0.2) is 16.9 Å². The zero-order valence-corrected chi connectivity index (χ0v) is 16.4. The van der Waals surface area contributed by atoms with Crippen molar-refractivity contribution in [2.24, 2.45) is 5.92 Å². The molecular formula is C19H29N5O4. The molecule has 2 amide bonds. The van der Waals surface area contributed by atoms with E-state index in [0.29, 0.717) is 32.3 Å². The number of nitrogens with zero attached hydrogens (tertiary/aromatic N) is 3. The van der Waals surface area contributed by atoms with Gasteiger partial charge in [-0.1, -0.05) is 0 Å². The number of amides is 2. The second-order valence-corrected chi connectivity index (χ2v) is 7.45. The van der Waals surface area contributed by atoms with Crippen LogP contribution < -0.4 is 10.9 Å². The molecule has 3 heterocycles. The smallest absolute Gasteiger partial charge is 0.274 e. The Morgan fingerprint density at radius 2 is 2.04 bits per heavy atom. The van der Waals surface area contributed by atoms with Crippen molar-refractivity contribution in [2.45, 2.75) is 31.7 Å². The van der Waals surface area contributed by atoms with E-state index in [1.165, 1.54) is 12.1 Å². The Morgan fingerprint density at radius 3 is 2.71 bits per heavy atom. The highest BCUT2D eigenvalue weighted by Gasteiger charge is 2.32. The van der Waals surface area contributed by atoms with Gasteiger partial charge in [-0.05, 0) is 38.3 Å². The first kappa shape index (κ1) is 20.5. The maximum atomic E-state index is 12.5. The fourth-order valence-corrected chi connectivity index (χ4v) is 4.03. The van der Waals surface area contributed by atoms with E-state index >= 15 is 0 Å². The second kappa shape index (κ2) is 9.79. The van der Waals surface area contributed by atoms with Crippen molar-refractivity contribution in [3.63, 3.8) is 0 Å². The minimum absolute atomic E-state index is 0.0237. The van der Waals surface area contributed by atoms with Crippen molar-refractivity contribution in [2.75, 3.05) is 46.4 Å². The fourth-order valence-electron chi connectivity index (χ4n) is 4.03. The minimum Gasteiger partial charge on any atom is -0.383 e. The predicted octanol–water partition coefficient (Wildman–Crippen LogP) is -0.151. The highest BCUT2D eigenvalue weighted by atomic mass is 16.5. The van der Waals surface area contributed by atoms with Crippen molar-refractivity contribution in [1.29, 1.82) is 0 Å². The third kappa shape index (κ3) is 5.17. The van der Waals surface area contributed by atoms with Crippen LogP contribution in [0, 0.1) is 5.92 Å². The number of methoxy groups -OCH3 is 1. The summed E-state index contributed by atoms with van der Waals surface area (Å²) in [5, 5.41) is 9.08. The van der Waals surface area contributed by atoms with Gasteiger partial charge in [0.05, 0.1) is 12.5 Å². The van der Waals surface area contributed by atoms with E-state index in [1.807, 2.05) is 0 Å². The van der Waals surface area contributed by atoms with Crippen LogP contribution in [0.4, 0.5) is 0 Å². The Morgan fingerprint density at radius 1 is 1.25 bits per heavy atom. The lowest BCUT2D eigenvalue weighted by Gasteiger charge is -2.42. The summed E-state index contributed by atoms with van der Waals surface area (Å²) in [5.41, 5.74) is -0.0509. The highest BCUT2D eigenvalue weighted by molar-refractivity contribution is 5.92. The fraction of sp³-hybridized carbons (Fsp3) is 0.684. The summed E-state index contributed by atoms with van der Waals surface area (Å²) in [4.78, 5) is 40.2. The average Bonchev–Trinajstić information content (AvgIpc) is 2.74. The molecule has 2 N–H and O–H groups in total. The van der Waals surface area contributed by atoms with Crippen LogP contribution in [0.3, 0.4) is 0 Å². The molecule has 9 heteroatoms. The maximum Gasteiger partial charge on any atom is 0.274 e. The van der Waals surface area contributed by atoms with Gasteiger partial charge in [0.15, 0.2) is 0 Å². The van der Waals surface area contributed by atoms with Gasteiger partial charge in [0, 0.05) is 45.4 Å². The average molecular weight is 391 g/mol. The van der Waals surface area contributed by atoms with Crippen LogP contribution in [0.5, 0.6) is 0 Å². The maximum absolute atomic E-state index is 12.5. The third-order valence-corrected chi connectivity index (χ3v) is 5.60. The lowest BCUT2D eigenvalue weighted by Crippen LogP contribution is -2.51. The van der Waals surface area contributed by atoms with Crippen molar-refractivity contribution >= 4 is 11.8 Å². The molecule has 0 aromatic carbocycles. The molecule has 0 bridgehead atoms. The van der Waals surface area contributed by atoms with Gasteiger partial charge in [-0.2, -0.15) is 5.10 Å². The van der Waals surface area contributed by atoms with E-state index in [1.54, 1.807) is 12.0 Å². The van der Waals surface area contributed by atoms with Crippen molar-refractivity contribution in [3.05, 3.63) is 28.2 Å². The zero-order chi connectivity index (χ0) is 19.9. The number of hydrogen-bond acceptors (Lipinski definition) is 6. The third-order valence-electron chi connectivity index (χ3n) is 5.60. The molecule has 1 aromatic heterocycles. The van der Waals surface area contributed by atoms with Gasteiger partial charge in [-0.3, -0.25) is 19.3 Å². The number of nitrogens with one attached hydrogen (secondary N) is 2.